The zero-order valence-corrected chi connectivity index (χ0v) is 24.1. The van der Waals surface area contributed by atoms with E-state index in [1.165, 1.54) is 0 Å². The third-order valence-corrected chi connectivity index (χ3v) is 7.28. The number of likely N-dealkylation sites (tertiary alicyclic amines) is 2. The molecule has 0 aromatic carbocycles. The van der Waals surface area contributed by atoms with Crippen LogP contribution in [0.2, 0.25) is 0 Å². The molecule has 5 heterocycles. The van der Waals surface area contributed by atoms with Crippen molar-refractivity contribution in [2.45, 2.75) is 51.2 Å². The number of hydrogen-bond donors (Lipinski definition) is 3. The first-order valence-corrected chi connectivity index (χ1v) is 14.1. The van der Waals surface area contributed by atoms with E-state index in [9.17, 15) is 9.59 Å². The number of nitrogens with zero attached hydrogens (tertiary/aromatic N) is 8. The minimum absolute atomic E-state index is 0.0444. The third-order valence-electron chi connectivity index (χ3n) is 7.28. The number of H-pyrrole nitrogens is 1. The molecule has 0 bridgehead atoms. The Morgan fingerprint density at radius 3 is 2.68 bits per heavy atom. The van der Waals surface area contributed by atoms with Gasteiger partial charge in [0, 0.05) is 50.8 Å². The lowest BCUT2D eigenvalue weighted by Crippen LogP contribution is -2.44. The lowest BCUT2D eigenvalue weighted by atomic mass is 10.1. The van der Waals surface area contributed by atoms with E-state index in [2.05, 4.69) is 44.8 Å². The third kappa shape index (κ3) is 6.93. The van der Waals surface area contributed by atoms with E-state index < -0.39 is 0 Å². The van der Waals surface area contributed by atoms with Crippen LogP contribution in [0.5, 0.6) is 0 Å². The van der Waals surface area contributed by atoms with Crippen LogP contribution in [0, 0.1) is 0 Å². The fourth-order valence-corrected chi connectivity index (χ4v) is 5.00. The van der Waals surface area contributed by atoms with Crippen molar-refractivity contribution in [3.8, 4) is 0 Å². The van der Waals surface area contributed by atoms with Crippen LogP contribution < -0.4 is 10.6 Å². The Balaban J connectivity index is 1.16. The van der Waals surface area contributed by atoms with Crippen molar-refractivity contribution < 1.29 is 14.3 Å². The number of fused-ring (bicyclic) bond motifs is 1. The van der Waals surface area contributed by atoms with E-state index in [-0.39, 0.29) is 30.1 Å². The summed E-state index contributed by atoms with van der Waals surface area (Å²) in [7, 11) is 3.90. The Hall–Kier alpha value is -4.20. The second-order valence-electron chi connectivity index (χ2n) is 11.1. The zero-order valence-electron chi connectivity index (χ0n) is 24.1. The Kier molecular flexibility index (Phi) is 8.67. The molecule has 5 rings (SSSR count). The number of aromatic nitrogens is 6. The molecule has 2 saturated heterocycles. The maximum atomic E-state index is 12.9. The second-order valence-corrected chi connectivity index (χ2v) is 11.1. The van der Waals surface area contributed by atoms with E-state index in [4.69, 9.17) is 9.72 Å². The minimum Gasteiger partial charge on any atom is -0.444 e. The van der Waals surface area contributed by atoms with Crippen molar-refractivity contribution in [2.24, 2.45) is 0 Å². The maximum absolute atomic E-state index is 12.9. The summed E-state index contributed by atoms with van der Waals surface area (Å²) in [4.78, 5) is 40.1. The highest BCUT2D eigenvalue weighted by atomic mass is 16.6. The number of aromatic amines is 1. The van der Waals surface area contributed by atoms with Gasteiger partial charge in [0.25, 0.3) is 0 Å². The van der Waals surface area contributed by atoms with Crippen LogP contribution in [0.4, 0.5) is 22.4 Å². The van der Waals surface area contributed by atoms with E-state index in [0.29, 0.717) is 62.4 Å². The summed E-state index contributed by atoms with van der Waals surface area (Å²) >= 11 is 0. The van der Waals surface area contributed by atoms with Crippen molar-refractivity contribution >= 4 is 35.2 Å². The minimum atomic E-state index is -0.323. The monoisotopic (exact) mass is 565 g/mol. The van der Waals surface area contributed by atoms with E-state index >= 15 is 0 Å². The van der Waals surface area contributed by atoms with Gasteiger partial charge in [-0.2, -0.15) is 10.1 Å². The van der Waals surface area contributed by atoms with Crippen molar-refractivity contribution in [3.63, 3.8) is 0 Å². The first kappa shape index (κ1) is 28.3. The van der Waals surface area contributed by atoms with Gasteiger partial charge in [0.1, 0.15) is 11.9 Å². The first-order chi connectivity index (χ1) is 19.8. The van der Waals surface area contributed by atoms with Crippen molar-refractivity contribution in [1.82, 2.24) is 44.5 Å². The highest BCUT2D eigenvalue weighted by Crippen LogP contribution is 2.25. The standard InChI is InChI=1S/C27H39N11O3/c1-18(2)21-16-28-25-24(32-26(34-38(21)25)31-22-7-11-29-33-22)30-19-8-13-36(14-9-19)27(40)41-20-10-15-37(17-20)23(39)6-5-12-35(3)4/h5-7,11,16,18-20H,8-10,12-15,17H2,1-4H3,(H3,29,30,31,32,33,34)/b6-5+/t20-/m0/s1. The van der Waals surface area contributed by atoms with Crippen LogP contribution in [-0.2, 0) is 9.53 Å². The molecule has 2 fully saturated rings. The highest BCUT2D eigenvalue weighted by molar-refractivity contribution is 5.87. The van der Waals surface area contributed by atoms with Gasteiger partial charge in [-0.15, -0.1) is 5.10 Å². The summed E-state index contributed by atoms with van der Waals surface area (Å²) in [6.07, 6.45) is 8.44. The first-order valence-electron chi connectivity index (χ1n) is 14.1. The molecule has 0 aliphatic carbocycles. The van der Waals surface area contributed by atoms with E-state index in [1.54, 1.807) is 28.1 Å². The molecule has 14 nitrogen and oxygen atoms in total. The number of carbonyl (C=O) groups excluding carboxylic acids is 2. The van der Waals surface area contributed by atoms with Gasteiger partial charge >= 0.3 is 6.09 Å². The molecule has 14 heteroatoms. The van der Waals surface area contributed by atoms with Gasteiger partial charge in [-0.05, 0) is 32.9 Å². The largest absolute Gasteiger partial charge is 0.444 e. The highest BCUT2D eigenvalue weighted by Gasteiger charge is 2.31. The smallest absolute Gasteiger partial charge is 0.410 e. The summed E-state index contributed by atoms with van der Waals surface area (Å²) in [5.41, 5.74) is 1.63. The van der Waals surface area contributed by atoms with Gasteiger partial charge in [0.15, 0.2) is 11.5 Å². The van der Waals surface area contributed by atoms with Crippen molar-refractivity contribution in [2.75, 3.05) is 57.5 Å². The van der Waals surface area contributed by atoms with Gasteiger partial charge < -0.3 is 30.1 Å². The van der Waals surface area contributed by atoms with Crippen LogP contribution in [0.1, 0.15) is 44.7 Å². The van der Waals surface area contributed by atoms with Crippen molar-refractivity contribution in [1.29, 1.82) is 0 Å². The quantitative estimate of drug-likeness (QED) is 0.330. The lowest BCUT2D eigenvalue weighted by Gasteiger charge is -2.32. The van der Waals surface area contributed by atoms with Crippen LogP contribution >= 0.6 is 0 Å². The average Bonchev–Trinajstić information content (AvgIpc) is 3.70. The van der Waals surface area contributed by atoms with Gasteiger partial charge in [-0.25, -0.2) is 14.3 Å². The molecule has 220 valence electrons. The number of imidazole rings is 1. The SMILES string of the molecule is CC(C)c1cnc2c(NC3CCN(C(=O)O[C@H]4CCN(C(=O)/C=C/CN(C)C)C4)CC3)nc(Nc3ccn[nH]3)nn12. The molecule has 3 aromatic heterocycles. The summed E-state index contributed by atoms with van der Waals surface area (Å²) in [6.45, 7) is 7.04. The number of likely N-dealkylation sites (N-methyl/N-ethyl adjacent to an activating group) is 1. The second kappa shape index (κ2) is 12.5. The molecular weight excluding hydrogens is 526 g/mol. The Morgan fingerprint density at radius 1 is 1.20 bits per heavy atom. The number of hydrogen-bond acceptors (Lipinski definition) is 10. The molecule has 2 amide bonds. The number of rotatable bonds is 9. The molecule has 0 unspecified atom stereocenters. The van der Waals surface area contributed by atoms with Crippen LogP contribution in [-0.4, -0.2) is 115 Å². The molecule has 3 aromatic rings. The van der Waals surface area contributed by atoms with Gasteiger partial charge in [-0.3, -0.25) is 9.89 Å². The topological polar surface area (TPSA) is 149 Å². The molecule has 0 spiro atoms. The molecule has 0 saturated carbocycles. The molecular formula is C27H39N11O3. The fourth-order valence-electron chi connectivity index (χ4n) is 5.00. The summed E-state index contributed by atoms with van der Waals surface area (Å²) in [5.74, 6) is 1.92. The van der Waals surface area contributed by atoms with Crippen LogP contribution in [0.3, 0.4) is 0 Å². The number of carbonyl (C=O) groups is 2. The number of nitrogens with one attached hydrogen (secondary N) is 3. The Morgan fingerprint density at radius 2 is 1.98 bits per heavy atom. The van der Waals surface area contributed by atoms with Crippen molar-refractivity contribution in [3.05, 3.63) is 36.3 Å². The lowest BCUT2D eigenvalue weighted by molar-refractivity contribution is -0.125. The normalized spacial score (nSPS) is 18.2. The molecule has 2 aliphatic rings. The fraction of sp³-hybridized carbons (Fsp3) is 0.556. The number of ether oxygens (including phenoxy) is 1. The average molecular weight is 566 g/mol. The van der Waals surface area contributed by atoms with E-state index in [1.807, 2.05) is 35.8 Å². The summed E-state index contributed by atoms with van der Waals surface area (Å²) in [6, 6.07) is 1.91. The Bertz CT molecular complexity index is 1360. The maximum Gasteiger partial charge on any atom is 0.410 e. The van der Waals surface area contributed by atoms with Crippen LogP contribution in [0.25, 0.3) is 5.65 Å². The number of piperidine rings is 1. The summed E-state index contributed by atoms with van der Waals surface area (Å²) in [5, 5.41) is 18.2. The molecule has 2 aliphatic heterocycles. The molecule has 1 atom stereocenters. The van der Waals surface area contributed by atoms with Gasteiger partial charge in [0.2, 0.25) is 11.9 Å². The summed E-state index contributed by atoms with van der Waals surface area (Å²) < 4.78 is 7.58. The van der Waals surface area contributed by atoms with Crippen LogP contribution in [0.15, 0.2) is 30.6 Å². The Labute approximate surface area is 239 Å². The molecule has 0 radical (unpaired) electrons. The zero-order chi connectivity index (χ0) is 28.9. The predicted octanol–water partition coefficient (Wildman–Crippen LogP) is 2.45. The number of amides is 2. The molecule has 3 N–H and O–H groups in total. The molecule has 41 heavy (non-hydrogen) atoms. The number of anilines is 3. The predicted molar refractivity (Wildman–Crippen MR) is 154 cm³/mol. The van der Waals surface area contributed by atoms with Gasteiger partial charge in [0.05, 0.1) is 24.6 Å². The van der Waals surface area contributed by atoms with Gasteiger partial charge in [-0.1, -0.05) is 19.9 Å². The van der Waals surface area contributed by atoms with E-state index in [0.717, 1.165) is 18.5 Å².